The van der Waals surface area contributed by atoms with Crippen LogP contribution in [-0.2, 0) is 4.74 Å². The van der Waals surface area contributed by atoms with Crippen LogP contribution < -0.4 is 5.73 Å². The van der Waals surface area contributed by atoms with Gasteiger partial charge in [-0.2, -0.15) is 0 Å². The SMILES string of the molecule is CCOC(=O)c1nc2cc(-c3ccccc3)sc2nc1N. The molecule has 0 aliphatic rings. The van der Waals surface area contributed by atoms with Crippen molar-refractivity contribution in [1.82, 2.24) is 9.97 Å². The Labute approximate surface area is 125 Å². The monoisotopic (exact) mass is 299 g/mol. The molecule has 0 unspecified atom stereocenters. The van der Waals surface area contributed by atoms with Crippen molar-refractivity contribution >= 4 is 33.5 Å². The highest BCUT2D eigenvalue weighted by Gasteiger charge is 2.17. The van der Waals surface area contributed by atoms with E-state index in [0.717, 1.165) is 10.4 Å². The van der Waals surface area contributed by atoms with Crippen molar-refractivity contribution in [2.24, 2.45) is 0 Å². The molecule has 2 N–H and O–H groups in total. The maximum atomic E-state index is 11.8. The number of anilines is 1. The molecule has 106 valence electrons. The first-order valence-electron chi connectivity index (χ1n) is 6.48. The van der Waals surface area contributed by atoms with E-state index in [1.165, 1.54) is 11.3 Å². The van der Waals surface area contributed by atoms with E-state index in [9.17, 15) is 4.79 Å². The van der Waals surface area contributed by atoms with Gasteiger partial charge in [-0.25, -0.2) is 14.8 Å². The fraction of sp³-hybridized carbons (Fsp3) is 0.133. The predicted octanol–water partition coefficient (Wildman–Crippen LogP) is 3.12. The third-order valence-electron chi connectivity index (χ3n) is 2.92. The summed E-state index contributed by atoms with van der Waals surface area (Å²) in [4.78, 5) is 22.1. The minimum Gasteiger partial charge on any atom is -0.461 e. The molecular weight excluding hydrogens is 286 g/mol. The number of aromatic nitrogens is 2. The lowest BCUT2D eigenvalue weighted by molar-refractivity contribution is 0.0521. The van der Waals surface area contributed by atoms with Crippen molar-refractivity contribution in [3.63, 3.8) is 0 Å². The molecule has 21 heavy (non-hydrogen) atoms. The van der Waals surface area contributed by atoms with E-state index >= 15 is 0 Å². The van der Waals surface area contributed by atoms with E-state index in [1.807, 2.05) is 36.4 Å². The molecular formula is C15H13N3O2S. The summed E-state index contributed by atoms with van der Waals surface area (Å²) in [7, 11) is 0. The fourth-order valence-corrected chi connectivity index (χ4v) is 2.95. The lowest BCUT2D eigenvalue weighted by atomic mass is 10.2. The highest BCUT2D eigenvalue weighted by Crippen LogP contribution is 2.32. The highest BCUT2D eigenvalue weighted by atomic mass is 32.1. The van der Waals surface area contributed by atoms with Gasteiger partial charge in [0.1, 0.15) is 10.3 Å². The zero-order chi connectivity index (χ0) is 14.8. The van der Waals surface area contributed by atoms with Crippen molar-refractivity contribution in [1.29, 1.82) is 0 Å². The molecule has 0 saturated carbocycles. The minimum atomic E-state index is -0.545. The maximum Gasteiger partial charge on any atom is 0.360 e. The fourth-order valence-electron chi connectivity index (χ4n) is 1.97. The van der Waals surface area contributed by atoms with Gasteiger partial charge in [0.25, 0.3) is 0 Å². The molecule has 0 aliphatic carbocycles. The molecule has 2 heterocycles. The molecule has 3 rings (SSSR count). The van der Waals surface area contributed by atoms with Gasteiger partial charge in [-0.05, 0) is 18.6 Å². The number of esters is 1. The summed E-state index contributed by atoms with van der Waals surface area (Å²) in [5, 5.41) is 0. The van der Waals surface area contributed by atoms with Crippen molar-refractivity contribution in [3.05, 3.63) is 42.1 Å². The van der Waals surface area contributed by atoms with Crippen LogP contribution in [0.5, 0.6) is 0 Å². The van der Waals surface area contributed by atoms with Crippen molar-refractivity contribution in [2.75, 3.05) is 12.3 Å². The van der Waals surface area contributed by atoms with Gasteiger partial charge < -0.3 is 10.5 Å². The Morgan fingerprint density at radius 2 is 2.05 bits per heavy atom. The second-order valence-electron chi connectivity index (χ2n) is 4.34. The molecule has 3 aromatic rings. The van der Waals surface area contributed by atoms with Gasteiger partial charge in [-0.3, -0.25) is 0 Å². The first-order chi connectivity index (χ1) is 10.2. The number of fused-ring (bicyclic) bond motifs is 1. The number of carbonyl (C=O) groups is 1. The van der Waals surface area contributed by atoms with Gasteiger partial charge in [-0.15, -0.1) is 11.3 Å². The van der Waals surface area contributed by atoms with Crippen LogP contribution in [0.15, 0.2) is 36.4 Å². The zero-order valence-electron chi connectivity index (χ0n) is 11.4. The van der Waals surface area contributed by atoms with E-state index < -0.39 is 5.97 Å². The van der Waals surface area contributed by atoms with Crippen LogP contribution >= 0.6 is 11.3 Å². The largest absolute Gasteiger partial charge is 0.461 e. The molecule has 0 aliphatic heterocycles. The second-order valence-corrected chi connectivity index (χ2v) is 5.38. The summed E-state index contributed by atoms with van der Waals surface area (Å²) >= 11 is 1.49. The van der Waals surface area contributed by atoms with Crippen LogP contribution in [-0.4, -0.2) is 22.5 Å². The topological polar surface area (TPSA) is 78.1 Å². The van der Waals surface area contributed by atoms with Crippen LogP contribution in [0, 0.1) is 0 Å². The van der Waals surface area contributed by atoms with Crippen LogP contribution in [0.25, 0.3) is 20.8 Å². The number of benzene rings is 1. The first-order valence-corrected chi connectivity index (χ1v) is 7.30. The standard InChI is InChI=1S/C15H13N3O2S/c1-2-20-15(19)12-13(16)18-14-10(17-12)8-11(21-14)9-6-4-3-5-7-9/h3-8H,2H2,1H3,(H2,16,18). The Kier molecular flexibility index (Phi) is 3.53. The number of carbonyl (C=O) groups excluding carboxylic acids is 1. The number of nitrogens with two attached hydrogens (primary N) is 1. The Balaban J connectivity index is 2.08. The summed E-state index contributed by atoms with van der Waals surface area (Å²) in [6, 6.07) is 11.8. The van der Waals surface area contributed by atoms with Crippen molar-refractivity contribution in [2.45, 2.75) is 6.92 Å². The molecule has 0 fully saturated rings. The molecule has 1 aromatic carbocycles. The Morgan fingerprint density at radius 3 is 2.76 bits per heavy atom. The van der Waals surface area contributed by atoms with Gasteiger partial charge in [-0.1, -0.05) is 30.3 Å². The quantitative estimate of drug-likeness (QED) is 0.752. The Bertz CT molecular complexity index is 799. The Morgan fingerprint density at radius 1 is 1.29 bits per heavy atom. The Hall–Kier alpha value is -2.47. The van der Waals surface area contributed by atoms with E-state index in [0.29, 0.717) is 10.3 Å². The summed E-state index contributed by atoms with van der Waals surface area (Å²) in [6.07, 6.45) is 0. The number of nitrogen functional groups attached to an aromatic ring is 1. The smallest absolute Gasteiger partial charge is 0.360 e. The number of rotatable bonds is 3. The summed E-state index contributed by atoms with van der Waals surface area (Å²) in [5.41, 5.74) is 7.60. The number of ether oxygens (including phenoxy) is 1. The number of hydrogen-bond acceptors (Lipinski definition) is 6. The summed E-state index contributed by atoms with van der Waals surface area (Å²) in [5.74, 6) is -0.445. The minimum absolute atomic E-state index is 0.0711. The van der Waals surface area contributed by atoms with Gasteiger partial charge in [0, 0.05) is 4.88 Å². The summed E-state index contributed by atoms with van der Waals surface area (Å²) in [6.45, 7) is 2.01. The van der Waals surface area contributed by atoms with Crippen molar-refractivity contribution in [3.8, 4) is 10.4 Å². The number of nitrogens with zero attached hydrogens (tertiary/aromatic N) is 2. The average molecular weight is 299 g/mol. The third-order valence-corrected chi connectivity index (χ3v) is 3.98. The maximum absolute atomic E-state index is 11.8. The average Bonchev–Trinajstić information content (AvgIpc) is 2.90. The van der Waals surface area contributed by atoms with Crippen LogP contribution in [0.3, 0.4) is 0 Å². The van der Waals surface area contributed by atoms with Gasteiger partial charge >= 0.3 is 5.97 Å². The van der Waals surface area contributed by atoms with E-state index in [-0.39, 0.29) is 18.1 Å². The van der Waals surface area contributed by atoms with Crippen LogP contribution in [0.1, 0.15) is 17.4 Å². The normalized spacial score (nSPS) is 10.7. The molecule has 0 atom stereocenters. The van der Waals surface area contributed by atoms with E-state index in [4.69, 9.17) is 10.5 Å². The van der Waals surface area contributed by atoms with Gasteiger partial charge in [0.2, 0.25) is 0 Å². The van der Waals surface area contributed by atoms with Gasteiger partial charge in [0.05, 0.1) is 6.61 Å². The van der Waals surface area contributed by atoms with Crippen molar-refractivity contribution < 1.29 is 9.53 Å². The third kappa shape index (κ3) is 2.57. The van der Waals surface area contributed by atoms with Gasteiger partial charge in [0.15, 0.2) is 11.5 Å². The molecule has 2 aromatic heterocycles. The molecule has 0 spiro atoms. The van der Waals surface area contributed by atoms with Crippen LogP contribution in [0.4, 0.5) is 5.82 Å². The molecule has 0 bridgehead atoms. The van der Waals surface area contributed by atoms with Crippen LogP contribution in [0.2, 0.25) is 0 Å². The number of thiophene rings is 1. The van der Waals surface area contributed by atoms with E-state index in [2.05, 4.69) is 9.97 Å². The molecule has 6 heteroatoms. The predicted molar refractivity (Wildman–Crippen MR) is 83.2 cm³/mol. The molecule has 5 nitrogen and oxygen atoms in total. The lowest BCUT2D eigenvalue weighted by Gasteiger charge is -2.03. The molecule has 0 amide bonds. The second kappa shape index (κ2) is 5.49. The molecule has 0 saturated heterocycles. The lowest BCUT2D eigenvalue weighted by Crippen LogP contribution is -2.11. The highest BCUT2D eigenvalue weighted by molar-refractivity contribution is 7.21. The van der Waals surface area contributed by atoms with E-state index in [1.54, 1.807) is 6.92 Å². The first kappa shape index (κ1) is 13.5. The number of hydrogen-bond donors (Lipinski definition) is 1. The zero-order valence-corrected chi connectivity index (χ0v) is 12.2. The molecule has 0 radical (unpaired) electrons. The summed E-state index contributed by atoms with van der Waals surface area (Å²) < 4.78 is 4.93.